The van der Waals surface area contributed by atoms with Crippen molar-refractivity contribution in [2.45, 2.75) is 0 Å². The maximum Gasteiger partial charge on any atom is 0.255 e. The molecule has 0 bridgehead atoms. The van der Waals surface area contributed by atoms with Gasteiger partial charge in [-0.1, -0.05) is 0 Å². The van der Waals surface area contributed by atoms with Gasteiger partial charge in [0.1, 0.15) is 0 Å². The minimum atomic E-state index is 0. The van der Waals surface area contributed by atoms with E-state index < -0.39 is 0 Å². The van der Waals surface area contributed by atoms with Gasteiger partial charge in [0.25, 0.3) is 19.7 Å². The van der Waals surface area contributed by atoms with E-state index in [0.29, 0.717) is 0 Å². The first-order valence-electron chi connectivity index (χ1n) is 1.64. The van der Waals surface area contributed by atoms with Crippen molar-refractivity contribution in [2.24, 2.45) is 0 Å². The fourth-order valence-electron chi connectivity index (χ4n) is 0. The monoisotopic (exact) mass is 272 g/mol. The normalized spacial score (nSPS) is 0.750. The number of nitriles is 3. The predicted octanol–water partition coefficient (Wildman–Crippen LogP) is -3.93. The molecule has 0 rings (SSSR count). The molecule has 0 aromatic carbocycles. The van der Waals surface area contributed by atoms with Crippen molar-refractivity contribution in [2.75, 3.05) is 0 Å². The van der Waals surface area contributed by atoms with Gasteiger partial charge in [0, 0.05) is 36.8 Å². The number of hydrogen-bond donors (Lipinski definition) is 6. The van der Waals surface area contributed by atoms with E-state index >= 15 is 0 Å². The van der Waals surface area contributed by atoms with E-state index in [1.165, 1.54) is 0 Å². The maximum atomic E-state index is 6.50. The molecule has 0 spiro atoms. The van der Waals surface area contributed by atoms with Gasteiger partial charge in [-0.3, -0.25) is 0 Å². The molecule has 0 saturated heterocycles. The van der Waals surface area contributed by atoms with Crippen molar-refractivity contribution in [3.8, 4) is 39.4 Å². The summed E-state index contributed by atoms with van der Waals surface area (Å²) in [5.41, 5.74) is 0. The molecule has 0 saturated carbocycles. The number of nitrogens with zero attached hydrogens (tertiary/aromatic N) is 3. The van der Waals surface area contributed by atoms with Gasteiger partial charge in [0.15, 0.2) is 0 Å². The molecule has 0 aromatic heterocycles. The van der Waals surface area contributed by atoms with Crippen molar-refractivity contribution in [1.29, 1.82) is 15.8 Å². The summed E-state index contributed by atoms with van der Waals surface area (Å²) in [6.45, 7) is 21.8. The van der Waals surface area contributed by atoms with Gasteiger partial charge in [-0.25, -0.2) is 15.8 Å². The topological polar surface area (TPSA) is 248 Å². The van der Waals surface area contributed by atoms with Crippen LogP contribution in [0.2, 0.25) is 0 Å². The number of rotatable bonds is 0. The first-order valence-corrected chi connectivity index (χ1v) is 1.64. The quantitative estimate of drug-likeness (QED) is 0.240. The van der Waals surface area contributed by atoms with Crippen LogP contribution in [0.4, 0.5) is 0 Å². The average molecular weight is 272 g/mol. The van der Waals surface area contributed by atoms with Crippen molar-refractivity contribution in [3.63, 3.8) is 0 Å². The summed E-state index contributed by atoms with van der Waals surface area (Å²) in [6.07, 6.45) is 0. The first kappa shape index (κ1) is 182. The average Bonchev–Trinajstić information content (AvgIpc) is 2.33. The summed E-state index contributed by atoms with van der Waals surface area (Å²) < 4.78 is 0. The van der Waals surface area contributed by atoms with Gasteiger partial charge >= 0.3 is 0 Å². The smallest absolute Gasteiger partial charge is 0.255 e. The van der Waals surface area contributed by atoms with Crippen LogP contribution in [0.25, 0.3) is 0 Å². The van der Waals surface area contributed by atoms with Gasteiger partial charge in [-0.05, 0) is 0 Å². The Morgan fingerprint density at radius 1 is 0.438 bits per heavy atom. The molecule has 0 heterocycles. The zero-order chi connectivity index (χ0) is 12.0. The van der Waals surface area contributed by atoms with Gasteiger partial charge in [-0.15, -0.1) is 15.8 Å². The van der Waals surface area contributed by atoms with E-state index in [9.17, 15) is 0 Å². The number of hydrogen-bond acceptors (Lipinski definition) is 6. The van der Waals surface area contributed by atoms with Gasteiger partial charge in [-0.2, -0.15) is 0 Å². The first-order chi connectivity index (χ1) is 6.00. The molecule has 0 atom stereocenters. The molecule has 9 nitrogen and oxygen atoms in total. The Labute approximate surface area is 107 Å². The summed E-state index contributed by atoms with van der Waals surface area (Å²) in [5.74, 6) is 0. The Morgan fingerprint density at radius 2 is 0.438 bits per heavy atom. The van der Waals surface area contributed by atoms with E-state index in [4.69, 9.17) is 31.6 Å². The van der Waals surface area contributed by atoms with Crippen LogP contribution in [-0.4, -0.2) is 0 Å². The molecular formula is C6H18FeN9+3. The predicted molar refractivity (Wildman–Crippen MR) is 52.8 cm³/mol. The molecule has 0 aromatic rings. The summed E-state index contributed by atoms with van der Waals surface area (Å²) in [5, 5.41) is 35.2. The standard InChI is InChI=1S/6CHN.Fe.3H3N/c6*1-2;;;;/h6*1H;;3*1H3/p+3. The molecule has 0 fully saturated rings. The maximum absolute atomic E-state index is 6.50. The second-order valence-electron chi connectivity index (χ2n) is 0. The fourth-order valence-corrected chi connectivity index (χ4v) is 0. The summed E-state index contributed by atoms with van der Waals surface area (Å²) in [4.78, 5) is 0. The molecule has 92 valence electrons. The zero-order valence-electron chi connectivity index (χ0n) is 8.78. The Kier molecular flexibility index (Phi) is 2550. The molecule has 0 radical (unpaired) electrons. The largest absolute Gasteiger partial charge is 0.344 e. The molecule has 10 heteroatoms. The molecule has 0 aliphatic heterocycles. The molecule has 0 aliphatic carbocycles. The van der Waals surface area contributed by atoms with E-state index in [2.05, 4.69) is 39.4 Å². The molecule has 0 unspecified atom stereocenters. The zero-order valence-corrected chi connectivity index (χ0v) is 9.88. The van der Waals surface area contributed by atoms with Crippen LogP contribution in [0, 0.1) is 55.2 Å². The third-order valence-corrected chi connectivity index (χ3v) is 0. The molecule has 16 heavy (non-hydrogen) atoms. The Bertz CT molecular complexity index is 95.0. The minimum absolute atomic E-state index is 0. The van der Waals surface area contributed by atoms with Crippen LogP contribution < -0.4 is 34.2 Å². The fraction of sp³-hybridized carbons (Fsp3) is 0. The van der Waals surface area contributed by atoms with Crippen molar-refractivity contribution in [3.05, 3.63) is 0 Å². The molecule has 0 aliphatic rings. The van der Waals surface area contributed by atoms with Crippen LogP contribution in [-0.2, 0) is 17.1 Å². The summed E-state index contributed by atoms with van der Waals surface area (Å²) in [6, 6.07) is 0. The van der Waals surface area contributed by atoms with Crippen molar-refractivity contribution >= 4 is 0 Å². The van der Waals surface area contributed by atoms with Crippen molar-refractivity contribution in [1.82, 2.24) is 18.5 Å². The number of nitrogens with one attached hydrogen (secondary N) is 3. The van der Waals surface area contributed by atoms with E-state index in [1.807, 2.05) is 0 Å². The molecular weight excluding hydrogens is 254 g/mol. The Balaban J connectivity index is -0.00000000321. The summed E-state index contributed by atoms with van der Waals surface area (Å²) >= 11 is 0. The third kappa shape index (κ3) is 171. The second kappa shape index (κ2) is 224. The Hall–Kier alpha value is -2.66. The third-order valence-electron chi connectivity index (χ3n) is 0. The van der Waals surface area contributed by atoms with Gasteiger partial charge in [0.05, 0.1) is 0 Å². The molecule has 0 amide bonds. The van der Waals surface area contributed by atoms with Crippen LogP contribution in [0.5, 0.6) is 0 Å². The van der Waals surface area contributed by atoms with Crippen LogP contribution in [0.15, 0.2) is 0 Å². The van der Waals surface area contributed by atoms with Gasteiger partial charge < -0.3 is 18.5 Å². The van der Waals surface area contributed by atoms with Crippen LogP contribution >= 0.6 is 0 Å². The second-order valence-corrected chi connectivity index (χ2v) is 0. The van der Waals surface area contributed by atoms with E-state index in [1.54, 1.807) is 0 Å². The van der Waals surface area contributed by atoms with E-state index in [-0.39, 0.29) is 35.5 Å². The Morgan fingerprint density at radius 3 is 0.438 bits per heavy atom. The molecule has 12 N–H and O–H groups in total. The van der Waals surface area contributed by atoms with Crippen molar-refractivity contribution < 1.29 is 32.9 Å². The summed E-state index contributed by atoms with van der Waals surface area (Å²) in [7, 11) is 0. The van der Waals surface area contributed by atoms with Gasteiger partial charge in [0.2, 0.25) is 0 Å². The minimum Gasteiger partial charge on any atom is -0.344 e. The van der Waals surface area contributed by atoms with Crippen LogP contribution in [0.3, 0.4) is 0 Å². The van der Waals surface area contributed by atoms with E-state index in [0.717, 1.165) is 0 Å². The SMILES string of the molecule is C#N.C#N.C#N.C#[NH+].C#[NH+].C#[NH+].N.N.N.[Fe]. The van der Waals surface area contributed by atoms with Crippen LogP contribution in [0.1, 0.15) is 0 Å².